The Balaban J connectivity index is 1.59. The molecule has 7 heteroatoms. The fraction of sp³-hybridized carbons (Fsp3) is 0.100. The molecule has 1 N–H and O–H groups in total. The average molecular weight is 379 g/mol. The monoisotopic (exact) mass is 379 g/mol. The van der Waals surface area contributed by atoms with Crippen LogP contribution in [0.1, 0.15) is 16.8 Å². The van der Waals surface area contributed by atoms with Gasteiger partial charge in [-0.1, -0.05) is 24.3 Å². The molecule has 0 aliphatic heterocycles. The molecule has 0 aliphatic carbocycles. The van der Waals surface area contributed by atoms with Crippen molar-refractivity contribution in [2.75, 3.05) is 0 Å². The van der Waals surface area contributed by atoms with Crippen LogP contribution in [0.25, 0.3) is 0 Å². The number of ether oxygens (including phenoxy) is 1. The molecule has 1 aromatic heterocycles. The highest BCUT2D eigenvalue weighted by Crippen LogP contribution is 2.15. The van der Waals surface area contributed by atoms with Gasteiger partial charge in [0.2, 0.25) is 10.0 Å². The summed E-state index contributed by atoms with van der Waals surface area (Å²) in [5, 5.41) is 8.90. The Labute approximate surface area is 158 Å². The standard InChI is InChI=1S/C20H17N3O3S/c21-13-17-4-3-6-20(12-17)27(24,25)23-14-16-7-9-19(10-8-16)26-15-18-5-1-2-11-22-18/h1-12,23H,14-15H2. The van der Waals surface area contributed by atoms with Gasteiger partial charge in [0.1, 0.15) is 12.4 Å². The fourth-order valence-corrected chi connectivity index (χ4v) is 3.40. The SMILES string of the molecule is N#Cc1cccc(S(=O)(=O)NCc2ccc(OCc3ccccn3)cc2)c1. The van der Waals surface area contributed by atoms with Gasteiger partial charge in [-0.3, -0.25) is 4.98 Å². The number of aromatic nitrogens is 1. The fourth-order valence-electron chi connectivity index (χ4n) is 2.34. The molecule has 6 nitrogen and oxygen atoms in total. The van der Waals surface area contributed by atoms with Gasteiger partial charge in [0, 0.05) is 12.7 Å². The highest BCUT2D eigenvalue weighted by Gasteiger charge is 2.14. The molecule has 0 atom stereocenters. The number of rotatable bonds is 7. The first-order valence-electron chi connectivity index (χ1n) is 8.18. The maximum absolute atomic E-state index is 12.3. The van der Waals surface area contributed by atoms with Crippen molar-refractivity contribution >= 4 is 10.0 Å². The summed E-state index contributed by atoms with van der Waals surface area (Å²) in [6.45, 7) is 0.502. The van der Waals surface area contributed by atoms with Crippen molar-refractivity contribution in [2.24, 2.45) is 0 Å². The van der Waals surface area contributed by atoms with Crippen LogP contribution in [0.4, 0.5) is 0 Å². The first-order chi connectivity index (χ1) is 13.1. The van der Waals surface area contributed by atoms with E-state index in [4.69, 9.17) is 10.00 Å². The molecular weight excluding hydrogens is 362 g/mol. The molecule has 0 radical (unpaired) electrons. The second-order valence-electron chi connectivity index (χ2n) is 5.72. The van der Waals surface area contributed by atoms with Crippen molar-refractivity contribution in [2.45, 2.75) is 18.0 Å². The molecule has 0 amide bonds. The summed E-state index contributed by atoms with van der Waals surface area (Å²) < 4.78 is 32.9. The van der Waals surface area contributed by atoms with Crippen LogP contribution in [0.2, 0.25) is 0 Å². The molecule has 2 aromatic carbocycles. The summed E-state index contributed by atoms with van der Waals surface area (Å²) >= 11 is 0. The third-order valence-corrected chi connectivity index (χ3v) is 5.17. The number of sulfonamides is 1. The smallest absolute Gasteiger partial charge is 0.240 e. The van der Waals surface area contributed by atoms with Crippen LogP contribution >= 0.6 is 0 Å². The van der Waals surface area contributed by atoms with E-state index < -0.39 is 10.0 Å². The zero-order valence-corrected chi connectivity index (χ0v) is 15.2. The van der Waals surface area contributed by atoms with Gasteiger partial charge in [0.05, 0.1) is 22.2 Å². The van der Waals surface area contributed by atoms with Gasteiger partial charge in [-0.2, -0.15) is 5.26 Å². The van der Waals surface area contributed by atoms with E-state index in [1.165, 1.54) is 12.1 Å². The van der Waals surface area contributed by atoms with Crippen molar-refractivity contribution in [1.29, 1.82) is 5.26 Å². The van der Waals surface area contributed by atoms with Gasteiger partial charge in [-0.15, -0.1) is 0 Å². The normalized spacial score (nSPS) is 10.9. The summed E-state index contributed by atoms with van der Waals surface area (Å²) in [6, 6.07) is 20.6. The lowest BCUT2D eigenvalue weighted by Crippen LogP contribution is -2.23. The molecule has 3 rings (SSSR count). The van der Waals surface area contributed by atoms with E-state index in [0.717, 1.165) is 11.3 Å². The molecular formula is C20H17N3O3S. The van der Waals surface area contributed by atoms with Crippen LogP contribution < -0.4 is 9.46 Å². The van der Waals surface area contributed by atoms with Crippen LogP contribution in [0, 0.1) is 11.3 Å². The first-order valence-corrected chi connectivity index (χ1v) is 9.67. The van der Waals surface area contributed by atoms with Crippen molar-refractivity contribution in [3.63, 3.8) is 0 Å². The molecule has 0 spiro atoms. The Bertz CT molecular complexity index is 1040. The molecule has 0 unspecified atom stereocenters. The molecule has 0 fully saturated rings. The summed E-state index contributed by atoms with van der Waals surface area (Å²) in [6.07, 6.45) is 1.71. The van der Waals surface area contributed by atoms with Gasteiger partial charge in [0.25, 0.3) is 0 Å². The molecule has 0 saturated carbocycles. The second kappa shape index (κ2) is 8.45. The third-order valence-electron chi connectivity index (χ3n) is 3.78. The van der Waals surface area contributed by atoms with Gasteiger partial charge in [-0.05, 0) is 48.0 Å². The molecule has 3 aromatic rings. The number of nitrogens with zero attached hydrogens (tertiary/aromatic N) is 2. The Morgan fingerprint density at radius 2 is 1.85 bits per heavy atom. The molecule has 0 aliphatic rings. The van der Waals surface area contributed by atoms with E-state index in [1.807, 2.05) is 24.3 Å². The highest BCUT2D eigenvalue weighted by molar-refractivity contribution is 7.89. The van der Waals surface area contributed by atoms with Crippen molar-refractivity contribution in [3.8, 4) is 11.8 Å². The average Bonchev–Trinajstić information content (AvgIpc) is 2.72. The van der Waals surface area contributed by atoms with Crippen LogP contribution in [-0.4, -0.2) is 13.4 Å². The maximum Gasteiger partial charge on any atom is 0.240 e. The van der Waals surface area contributed by atoms with E-state index >= 15 is 0 Å². The Morgan fingerprint density at radius 1 is 1.04 bits per heavy atom. The van der Waals surface area contributed by atoms with E-state index in [1.54, 1.807) is 42.6 Å². The topological polar surface area (TPSA) is 92.1 Å². The second-order valence-corrected chi connectivity index (χ2v) is 7.48. The Morgan fingerprint density at radius 3 is 2.56 bits per heavy atom. The summed E-state index contributed by atoms with van der Waals surface area (Å²) in [7, 11) is -3.69. The Hall–Kier alpha value is -3.21. The zero-order chi connectivity index (χ0) is 19.1. The maximum atomic E-state index is 12.3. The number of hydrogen-bond donors (Lipinski definition) is 1. The summed E-state index contributed by atoms with van der Waals surface area (Å²) in [5.74, 6) is 0.675. The predicted octanol–water partition coefficient (Wildman–Crippen LogP) is 3.01. The predicted molar refractivity (Wildman–Crippen MR) is 100 cm³/mol. The lowest BCUT2D eigenvalue weighted by atomic mass is 10.2. The van der Waals surface area contributed by atoms with Gasteiger partial charge >= 0.3 is 0 Å². The lowest BCUT2D eigenvalue weighted by Gasteiger charge is -2.09. The van der Waals surface area contributed by atoms with Crippen LogP contribution in [-0.2, 0) is 23.2 Å². The number of pyridine rings is 1. The largest absolute Gasteiger partial charge is 0.487 e. The molecule has 136 valence electrons. The van der Waals surface area contributed by atoms with Crippen molar-refractivity contribution in [1.82, 2.24) is 9.71 Å². The van der Waals surface area contributed by atoms with Gasteiger partial charge < -0.3 is 4.74 Å². The highest BCUT2D eigenvalue weighted by atomic mass is 32.2. The number of nitriles is 1. The van der Waals surface area contributed by atoms with Crippen LogP contribution in [0.15, 0.2) is 77.8 Å². The van der Waals surface area contributed by atoms with Crippen molar-refractivity contribution < 1.29 is 13.2 Å². The number of hydrogen-bond acceptors (Lipinski definition) is 5. The van der Waals surface area contributed by atoms with E-state index in [0.29, 0.717) is 17.9 Å². The molecule has 1 heterocycles. The quantitative estimate of drug-likeness (QED) is 0.681. The number of benzene rings is 2. The van der Waals surface area contributed by atoms with Gasteiger partial charge in [0.15, 0.2) is 0 Å². The van der Waals surface area contributed by atoms with Gasteiger partial charge in [-0.25, -0.2) is 13.1 Å². The molecule has 27 heavy (non-hydrogen) atoms. The molecule has 0 bridgehead atoms. The van der Waals surface area contributed by atoms with E-state index in [9.17, 15) is 8.42 Å². The summed E-state index contributed by atoms with van der Waals surface area (Å²) in [4.78, 5) is 4.25. The minimum atomic E-state index is -3.69. The van der Waals surface area contributed by atoms with E-state index in [-0.39, 0.29) is 11.4 Å². The van der Waals surface area contributed by atoms with Crippen molar-refractivity contribution in [3.05, 3.63) is 89.7 Å². The summed E-state index contributed by atoms with van der Waals surface area (Å²) in [5.41, 5.74) is 1.92. The molecule has 0 saturated heterocycles. The Kier molecular flexibility index (Phi) is 5.81. The first kappa shape index (κ1) is 18.6. The minimum Gasteiger partial charge on any atom is -0.487 e. The third kappa shape index (κ3) is 5.14. The van der Waals surface area contributed by atoms with E-state index in [2.05, 4.69) is 9.71 Å². The minimum absolute atomic E-state index is 0.0665. The zero-order valence-electron chi connectivity index (χ0n) is 14.4. The number of nitrogens with one attached hydrogen (secondary N) is 1. The van der Waals surface area contributed by atoms with Crippen LogP contribution in [0.5, 0.6) is 5.75 Å². The van der Waals surface area contributed by atoms with Crippen LogP contribution in [0.3, 0.4) is 0 Å². The lowest BCUT2D eigenvalue weighted by molar-refractivity contribution is 0.301.